The van der Waals surface area contributed by atoms with Gasteiger partial charge in [0.05, 0.1) is 21.8 Å². The minimum Gasteiger partial charge on any atom is -0.355 e. The number of nitrogens with one attached hydrogen (secondary N) is 1. The van der Waals surface area contributed by atoms with Gasteiger partial charge in [0.25, 0.3) is 0 Å². The van der Waals surface area contributed by atoms with Gasteiger partial charge in [-0.3, -0.25) is 9.25 Å². The van der Waals surface area contributed by atoms with Crippen molar-refractivity contribution in [1.82, 2.24) is 34.0 Å². The fraction of sp³-hybridized carbons (Fsp3) is 0.231. The van der Waals surface area contributed by atoms with E-state index in [1.165, 1.54) is 6.33 Å². The molecule has 0 radical (unpaired) electrons. The number of aromatic nitrogens is 6. The van der Waals surface area contributed by atoms with E-state index in [1.807, 2.05) is 40.9 Å². The van der Waals surface area contributed by atoms with Gasteiger partial charge < -0.3 is 4.90 Å². The zero-order valence-corrected chi connectivity index (χ0v) is 22.7. The van der Waals surface area contributed by atoms with E-state index in [0.717, 1.165) is 23.4 Å². The molecule has 1 saturated heterocycles. The van der Waals surface area contributed by atoms with Gasteiger partial charge in [-0.15, -0.1) is 0 Å². The molecule has 0 saturated carbocycles. The van der Waals surface area contributed by atoms with Gasteiger partial charge in [0.1, 0.15) is 12.2 Å². The van der Waals surface area contributed by atoms with Gasteiger partial charge in [-0.2, -0.15) is 5.10 Å². The lowest BCUT2D eigenvalue weighted by Crippen LogP contribution is -2.45. The molecule has 0 unspecified atom stereocenters. The van der Waals surface area contributed by atoms with E-state index in [0.29, 0.717) is 59.8 Å². The second-order valence-electron chi connectivity index (χ2n) is 9.45. The number of aryl methyl sites for hydroxylation is 1. The molecule has 5 aromatic rings. The summed E-state index contributed by atoms with van der Waals surface area (Å²) in [5.74, 6) is -1.12. The molecule has 1 N–H and O–H groups in total. The van der Waals surface area contributed by atoms with Crippen LogP contribution in [-0.2, 0) is 17.1 Å². The predicted octanol–water partition coefficient (Wildman–Crippen LogP) is 4.09. The molecule has 0 amide bonds. The summed E-state index contributed by atoms with van der Waals surface area (Å²) >= 11 is 6.55. The van der Waals surface area contributed by atoms with Gasteiger partial charge >= 0.3 is 0 Å². The lowest BCUT2D eigenvalue weighted by atomic mass is 10.1. The number of hydrogen-bond acceptors (Lipinski definition) is 7. The first-order chi connectivity index (χ1) is 19.2. The largest absolute Gasteiger partial charge is 0.355 e. The first kappa shape index (κ1) is 26.3. The highest BCUT2D eigenvalue weighted by atomic mass is 35.5. The normalized spacial score (nSPS) is 14.8. The van der Waals surface area contributed by atoms with Crippen molar-refractivity contribution in [3.05, 3.63) is 77.8 Å². The standard InChI is InChI=1S/C26H23ClF2N8O2S/c1-35-14-17(13-32-35)37-24(19-4-2-3-5-20(19)27)33-23-25(30-15-31-26(23)37)36-10-8-16(9-11-36)34-40(38,39)18-6-7-21(28)22(29)12-18/h2-7,12-16,34H,8-11H2,1H3. The Morgan fingerprint density at radius 2 is 1.82 bits per heavy atom. The molecule has 6 rings (SSSR count). The van der Waals surface area contributed by atoms with E-state index in [9.17, 15) is 17.2 Å². The average Bonchev–Trinajstić information content (AvgIpc) is 3.53. The Morgan fingerprint density at radius 3 is 2.52 bits per heavy atom. The zero-order chi connectivity index (χ0) is 28.0. The van der Waals surface area contributed by atoms with Gasteiger partial charge in [0.15, 0.2) is 28.6 Å². The Morgan fingerprint density at radius 1 is 1.05 bits per heavy atom. The molecule has 2 aromatic carbocycles. The van der Waals surface area contributed by atoms with E-state index in [2.05, 4.69) is 19.8 Å². The second-order valence-corrected chi connectivity index (χ2v) is 11.6. The van der Waals surface area contributed by atoms with Crippen molar-refractivity contribution >= 4 is 38.6 Å². The summed E-state index contributed by atoms with van der Waals surface area (Å²) < 4.78 is 58.6. The fourth-order valence-electron chi connectivity index (χ4n) is 4.84. The molecule has 40 heavy (non-hydrogen) atoms. The van der Waals surface area contributed by atoms with Crippen LogP contribution in [0, 0.1) is 11.6 Å². The number of halogens is 3. The molecular weight excluding hydrogens is 562 g/mol. The van der Waals surface area contributed by atoms with Crippen molar-refractivity contribution < 1.29 is 17.2 Å². The van der Waals surface area contributed by atoms with E-state index >= 15 is 0 Å². The minimum atomic E-state index is -4.02. The fourth-order valence-corrected chi connectivity index (χ4v) is 6.38. The van der Waals surface area contributed by atoms with Crippen LogP contribution in [0.4, 0.5) is 14.6 Å². The smallest absolute Gasteiger partial charge is 0.240 e. The molecule has 0 aliphatic carbocycles. The Bertz CT molecular complexity index is 1830. The number of rotatable bonds is 6. The third-order valence-electron chi connectivity index (χ3n) is 6.81. The Kier molecular flexibility index (Phi) is 6.72. The summed E-state index contributed by atoms with van der Waals surface area (Å²) in [7, 11) is -2.20. The highest BCUT2D eigenvalue weighted by Gasteiger charge is 2.28. The average molecular weight is 585 g/mol. The van der Waals surface area contributed by atoms with E-state index in [1.54, 1.807) is 16.9 Å². The predicted molar refractivity (Wildman–Crippen MR) is 146 cm³/mol. The maximum absolute atomic E-state index is 13.6. The Labute approximate surface area is 233 Å². The molecule has 0 spiro atoms. The number of imidazole rings is 1. The van der Waals surface area contributed by atoms with Crippen LogP contribution in [0.3, 0.4) is 0 Å². The van der Waals surface area contributed by atoms with E-state index < -0.39 is 27.7 Å². The first-order valence-corrected chi connectivity index (χ1v) is 14.3. The SMILES string of the molecule is Cn1cc(-n2c(-c3ccccc3Cl)nc3c(N4CCC(NS(=O)(=O)c5ccc(F)c(F)c5)CC4)ncnc32)cn1. The van der Waals surface area contributed by atoms with Gasteiger partial charge in [0, 0.05) is 37.9 Å². The van der Waals surface area contributed by atoms with Gasteiger partial charge in [0.2, 0.25) is 10.0 Å². The minimum absolute atomic E-state index is 0.320. The van der Waals surface area contributed by atoms with E-state index in [-0.39, 0.29) is 4.90 Å². The highest BCUT2D eigenvalue weighted by molar-refractivity contribution is 7.89. The zero-order valence-electron chi connectivity index (χ0n) is 21.2. The van der Waals surface area contributed by atoms with Crippen LogP contribution in [-0.4, -0.2) is 56.8 Å². The number of benzene rings is 2. The Hall–Kier alpha value is -3.94. The third kappa shape index (κ3) is 4.80. The molecule has 1 aliphatic rings. The van der Waals surface area contributed by atoms with Crippen LogP contribution in [0.2, 0.25) is 5.02 Å². The topological polar surface area (TPSA) is 111 Å². The number of fused-ring (bicyclic) bond motifs is 1. The molecule has 10 nitrogen and oxygen atoms in total. The number of hydrogen-bond donors (Lipinski definition) is 1. The second kappa shape index (κ2) is 10.2. The highest BCUT2D eigenvalue weighted by Crippen LogP contribution is 2.35. The molecular formula is C26H23ClF2N8O2S. The molecule has 4 heterocycles. The number of sulfonamides is 1. The number of anilines is 1. The van der Waals surface area contributed by atoms with Crippen molar-refractivity contribution in [3.63, 3.8) is 0 Å². The van der Waals surface area contributed by atoms with Crippen LogP contribution in [0.25, 0.3) is 28.2 Å². The quantitative estimate of drug-likeness (QED) is 0.320. The number of nitrogens with zero attached hydrogens (tertiary/aromatic N) is 7. The maximum Gasteiger partial charge on any atom is 0.240 e. The van der Waals surface area contributed by atoms with Crippen molar-refractivity contribution in [2.45, 2.75) is 23.8 Å². The summed E-state index contributed by atoms with van der Waals surface area (Å²) in [5, 5.41) is 4.84. The molecule has 1 aliphatic heterocycles. The summed E-state index contributed by atoms with van der Waals surface area (Å²) in [6, 6.07) is 9.54. The van der Waals surface area contributed by atoms with Crippen LogP contribution < -0.4 is 9.62 Å². The molecule has 3 aromatic heterocycles. The molecule has 0 atom stereocenters. The summed E-state index contributed by atoms with van der Waals surface area (Å²) in [4.78, 5) is 15.7. The van der Waals surface area contributed by atoms with Gasteiger partial charge in [-0.25, -0.2) is 36.9 Å². The number of piperidine rings is 1. The Balaban J connectivity index is 1.30. The summed E-state index contributed by atoms with van der Waals surface area (Å²) in [5.41, 5.74) is 2.63. The molecule has 0 bridgehead atoms. The van der Waals surface area contributed by atoms with Gasteiger partial charge in [-0.05, 0) is 43.2 Å². The summed E-state index contributed by atoms with van der Waals surface area (Å²) in [6.07, 6.45) is 5.98. The lowest BCUT2D eigenvalue weighted by Gasteiger charge is -2.32. The van der Waals surface area contributed by atoms with Crippen molar-refractivity contribution in [2.75, 3.05) is 18.0 Å². The van der Waals surface area contributed by atoms with Crippen molar-refractivity contribution in [3.8, 4) is 17.1 Å². The van der Waals surface area contributed by atoms with Crippen molar-refractivity contribution in [1.29, 1.82) is 0 Å². The first-order valence-electron chi connectivity index (χ1n) is 12.4. The maximum atomic E-state index is 13.6. The lowest BCUT2D eigenvalue weighted by molar-refractivity contribution is 0.458. The molecule has 1 fully saturated rings. The van der Waals surface area contributed by atoms with Crippen LogP contribution >= 0.6 is 11.6 Å². The van der Waals surface area contributed by atoms with Crippen LogP contribution in [0.5, 0.6) is 0 Å². The molecule has 14 heteroatoms. The molecule has 206 valence electrons. The van der Waals surface area contributed by atoms with Crippen LogP contribution in [0.1, 0.15) is 12.8 Å². The monoisotopic (exact) mass is 584 g/mol. The van der Waals surface area contributed by atoms with Crippen LogP contribution in [0.15, 0.2) is 66.1 Å². The third-order valence-corrected chi connectivity index (χ3v) is 8.65. The van der Waals surface area contributed by atoms with E-state index in [4.69, 9.17) is 16.6 Å². The summed E-state index contributed by atoms with van der Waals surface area (Å²) in [6.45, 7) is 0.969. The van der Waals surface area contributed by atoms with Gasteiger partial charge in [-0.1, -0.05) is 23.7 Å². The van der Waals surface area contributed by atoms with Crippen molar-refractivity contribution in [2.24, 2.45) is 7.05 Å².